The number of anilines is 1. The molecular weight excluding hydrogens is 246 g/mol. The van der Waals surface area contributed by atoms with Crippen LogP contribution in [0.2, 0.25) is 0 Å². The quantitative estimate of drug-likeness (QED) is 0.853. The highest BCUT2D eigenvalue weighted by Gasteiger charge is 2.08. The molecule has 3 nitrogen and oxygen atoms in total. The molecule has 0 aliphatic carbocycles. The summed E-state index contributed by atoms with van der Waals surface area (Å²) in [6, 6.07) is 7.02. The molecule has 1 N–H and O–H groups in total. The molecule has 0 radical (unpaired) electrons. The molecule has 108 valence electrons. The van der Waals surface area contributed by atoms with E-state index in [-0.39, 0.29) is 0 Å². The summed E-state index contributed by atoms with van der Waals surface area (Å²) in [5.74, 6) is 0. The summed E-state index contributed by atoms with van der Waals surface area (Å²) in [6.45, 7) is 9.60. The molecule has 0 saturated heterocycles. The van der Waals surface area contributed by atoms with Crippen LogP contribution >= 0.6 is 0 Å². The standard InChI is InChI=1S/C17H25N3/c1-5-14-8-7-9-15(6-2)17(14)19-11-16-10-18-12-20(16)13(3)4/h7-10,12-13,19H,5-6,11H2,1-4H3. The van der Waals surface area contributed by atoms with Gasteiger partial charge in [-0.3, -0.25) is 0 Å². The van der Waals surface area contributed by atoms with Crippen molar-refractivity contribution in [2.75, 3.05) is 5.32 Å². The molecule has 1 aromatic carbocycles. The van der Waals surface area contributed by atoms with Crippen molar-refractivity contribution in [2.45, 2.75) is 53.1 Å². The molecule has 0 amide bonds. The lowest BCUT2D eigenvalue weighted by molar-refractivity contribution is 0.577. The first-order valence-electron chi connectivity index (χ1n) is 7.52. The molecular formula is C17H25N3. The van der Waals surface area contributed by atoms with E-state index in [1.807, 2.05) is 12.5 Å². The summed E-state index contributed by atoms with van der Waals surface area (Å²) in [6.07, 6.45) is 5.97. The third-order valence-corrected chi connectivity index (χ3v) is 3.75. The molecule has 20 heavy (non-hydrogen) atoms. The van der Waals surface area contributed by atoms with Crippen molar-refractivity contribution in [2.24, 2.45) is 0 Å². The van der Waals surface area contributed by atoms with Gasteiger partial charge in [-0.05, 0) is 37.8 Å². The second kappa shape index (κ2) is 6.60. The van der Waals surface area contributed by atoms with Crippen molar-refractivity contribution in [3.63, 3.8) is 0 Å². The zero-order valence-electron chi connectivity index (χ0n) is 13.0. The Labute approximate surface area is 122 Å². The number of hydrogen-bond donors (Lipinski definition) is 1. The van der Waals surface area contributed by atoms with Gasteiger partial charge in [-0.2, -0.15) is 0 Å². The molecule has 0 spiro atoms. The lowest BCUT2D eigenvalue weighted by Crippen LogP contribution is -2.10. The van der Waals surface area contributed by atoms with Gasteiger partial charge < -0.3 is 9.88 Å². The number of imidazole rings is 1. The van der Waals surface area contributed by atoms with Gasteiger partial charge in [0, 0.05) is 17.9 Å². The molecule has 0 aliphatic heterocycles. The average Bonchev–Trinajstić information content (AvgIpc) is 2.93. The van der Waals surface area contributed by atoms with E-state index < -0.39 is 0 Å². The van der Waals surface area contributed by atoms with Crippen LogP contribution in [0.25, 0.3) is 0 Å². The first-order chi connectivity index (χ1) is 9.67. The summed E-state index contributed by atoms with van der Waals surface area (Å²) in [5, 5.41) is 3.62. The Kier molecular flexibility index (Phi) is 4.83. The van der Waals surface area contributed by atoms with Crippen LogP contribution in [-0.2, 0) is 19.4 Å². The molecule has 0 unspecified atom stereocenters. The Morgan fingerprint density at radius 3 is 2.35 bits per heavy atom. The SMILES string of the molecule is CCc1cccc(CC)c1NCc1cncn1C(C)C. The summed E-state index contributed by atoms with van der Waals surface area (Å²) in [5.41, 5.74) is 5.31. The van der Waals surface area contributed by atoms with E-state index in [1.165, 1.54) is 22.5 Å². The van der Waals surface area contributed by atoms with E-state index >= 15 is 0 Å². The Bertz CT molecular complexity index is 533. The van der Waals surface area contributed by atoms with Gasteiger partial charge in [0.15, 0.2) is 0 Å². The third kappa shape index (κ3) is 3.03. The molecule has 1 heterocycles. The van der Waals surface area contributed by atoms with E-state index in [1.54, 1.807) is 0 Å². The number of nitrogens with zero attached hydrogens (tertiary/aromatic N) is 2. The molecule has 2 rings (SSSR count). The molecule has 0 aliphatic rings. The fourth-order valence-electron chi connectivity index (χ4n) is 2.58. The smallest absolute Gasteiger partial charge is 0.0951 e. The molecule has 1 aromatic heterocycles. The maximum absolute atomic E-state index is 4.26. The first-order valence-corrected chi connectivity index (χ1v) is 7.52. The van der Waals surface area contributed by atoms with Gasteiger partial charge in [0.25, 0.3) is 0 Å². The number of para-hydroxylation sites is 1. The van der Waals surface area contributed by atoms with Gasteiger partial charge in [0.05, 0.1) is 18.6 Å². The van der Waals surface area contributed by atoms with Crippen molar-refractivity contribution in [3.8, 4) is 0 Å². The van der Waals surface area contributed by atoms with Gasteiger partial charge >= 0.3 is 0 Å². The second-order valence-corrected chi connectivity index (χ2v) is 5.40. The lowest BCUT2D eigenvalue weighted by Gasteiger charge is -2.17. The van der Waals surface area contributed by atoms with Crippen molar-refractivity contribution >= 4 is 5.69 Å². The number of benzene rings is 1. The van der Waals surface area contributed by atoms with Gasteiger partial charge in [-0.25, -0.2) is 4.98 Å². The summed E-state index contributed by atoms with van der Waals surface area (Å²) >= 11 is 0. The zero-order valence-corrected chi connectivity index (χ0v) is 13.0. The summed E-state index contributed by atoms with van der Waals surface area (Å²) < 4.78 is 2.22. The van der Waals surface area contributed by atoms with E-state index in [4.69, 9.17) is 0 Å². The van der Waals surface area contributed by atoms with Gasteiger partial charge in [0.1, 0.15) is 0 Å². The minimum atomic E-state index is 0.446. The monoisotopic (exact) mass is 271 g/mol. The Hall–Kier alpha value is -1.77. The van der Waals surface area contributed by atoms with Crippen molar-refractivity contribution in [1.29, 1.82) is 0 Å². The lowest BCUT2D eigenvalue weighted by atomic mass is 10.0. The topological polar surface area (TPSA) is 29.9 Å². The minimum Gasteiger partial charge on any atom is -0.379 e. The Balaban J connectivity index is 2.20. The average molecular weight is 271 g/mol. The second-order valence-electron chi connectivity index (χ2n) is 5.40. The molecule has 3 heteroatoms. The molecule has 0 fully saturated rings. The molecule has 0 bridgehead atoms. The Morgan fingerprint density at radius 2 is 1.80 bits per heavy atom. The van der Waals surface area contributed by atoms with E-state index in [0.717, 1.165) is 19.4 Å². The van der Waals surface area contributed by atoms with Crippen LogP contribution < -0.4 is 5.32 Å². The minimum absolute atomic E-state index is 0.446. The molecule has 2 aromatic rings. The maximum Gasteiger partial charge on any atom is 0.0951 e. The summed E-state index contributed by atoms with van der Waals surface area (Å²) in [4.78, 5) is 4.26. The molecule has 0 atom stereocenters. The highest BCUT2D eigenvalue weighted by atomic mass is 15.1. The van der Waals surface area contributed by atoms with Crippen LogP contribution in [-0.4, -0.2) is 9.55 Å². The predicted octanol–water partition coefficient (Wildman–Crippen LogP) is 4.20. The maximum atomic E-state index is 4.26. The largest absolute Gasteiger partial charge is 0.379 e. The normalized spacial score (nSPS) is 11.1. The van der Waals surface area contributed by atoms with E-state index in [0.29, 0.717) is 6.04 Å². The fourth-order valence-corrected chi connectivity index (χ4v) is 2.58. The highest BCUT2D eigenvalue weighted by molar-refractivity contribution is 5.58. The van der Waals surface area contributed by atoms with Crippen LogP contribution in [0.1, 0.15) is 50.6 Å². The highest BCUT2D eigenvalue weighted by Crippen LogP contribution is 2.23. The number of nitrogens with one attached hydrogen (secondary N) is 1. The van der Waals surface area contributed by atoms with Crippen LogP contribution in [0.4, 0.5) is 5.69 Å². The van der Waals surface area contributed by atoms with Gasteiger partial charge in [-0.1, -0.05) is 32.0 Å². The number of aryl methyl sites for hydroxylation is 2. The fraction of sp³-hybridized carbons (Fsp3) is 0.471. The number of rotatable bonds is 6. The van der Waals surface area contributed by atoms with Crippen molar-refractivity contribution in [3.05, 3.63) is 47.5 Å². The van der Waals surface area contributed by atoms with Gasteiger partial charge in [0.2, 0.25) is 0 Å². The summed E-state index contributed by atoms with van der Waals surface area (Å²) in [7, 11) is 0. The number of aromatic nitrogens is 2. The molecule has 0 saturated carbocycles. The predicted molar refractivity (Wildman–Crippen MR) is 85.1 cm³/mol. The van der Waals surface area contributed by atoms with Crippen LogP contribution in [0.5, 0.6) is 0 Å². The Morgan fingerprint density at radius 1 is 1.15 bits per heavy atom. The van der Waals surface area contributed by atoms with E-state index in [9.17, 15) is 0 Å². The first kappa shape index (κ1) is 14.6. The number of hydrogen-bond acceptors (Lipinski definition) is 2. The van der Waals surface area contributed by atoms with Crippen LogP contribution in [0, 0.1) is 0 Å². The van der Waals surface area contributed by atoms with Crippen molar-refractivity contribution < 1.29 is 0 Å². The van der Waals surface area contributed by atoms with Crippen molar-refractivity contribution in [1.82, 2.24) is 9.55 Å². The zero-order chi connectivity index (χ0) is 14.5. The van der Waals surface area contributed by atoms with Gasteiger partial charge in [-0.15, -0.1) is 0 Å². The van der Waals surface area contributed by atoms with E-state index in [2.05, 4.69) is 60.8 Å². The third-order valence-electron chi connectivity index (χ3n) is 3.75. The van der Waals surface area contributed by atoms with Crippen LogP contribution in [0.3, 0.4) is 0 Å². The van der Waals surface area contributed by atoms with Crippen LogP contribution in [0.15, 0.2) is 30.7 Å².